The second-order valence-electron chi connectivity index (χ2n) is 4.27. The molecule has 1 fully saturated rings. The number of ether oxygens (including phenoxy) is 2. The van der Waals surface area contributed by atoms with Crippen molar-refractivity contribution in [2.45, 2.75) is 23.7 Å². The van der Waals surface area contributed by atoms with Gasteiger partial charge in [-0.2, -0.15) is 0 Å². The van der Waals surface area contributed by atoms with Crippen LogP contribution in [0.1, 0.15) is 6.42 Å². The normalized spacial score (nSPS) is 22.8. The fourth-order valence-electron chi connectivity index (χ4n) is 1.91. The number of nitrogens with zero attached hydrogens (tertiary/aromatic N) is 2. The number of aromatic nitrogens is 3. The van der Waals surface area contributed by atoms with Crippen molar-refractivity contribution in [1.29, 1.82) is 0 Å². The number of aromatic amines is 1. The van der Waals surface area contributed by atoms with Crippen molar-refractivity contribution >= 4 is 17.7 Å². The molecule has 0 amide bonds. The smallest absolute Gasteiger partial charge is 0.344 e. The zero-order chi connectivity index (χ0) is 13.9. The molecule has 2 N–H and O–H groups in total. The van der Waals surface area contributed by atoms with Gasteiger partial charge in [0.05, 0.1) is 18.9 Å². The van der Waals surface area contributed by atoms with E-state index in [2.05, 4.69) is 10.2 Å². The van der Waals surface area contributed by atoms with Crippen LogP contribution < -0.4 is 5.69 Å². The quantitative estimate of drug-likeness (QED) is 0.683. The third-order valence-electron chi connectivity index (χ3n) is 2.99. The Hall–Kier alpha value is -1.32. The molecule has 0 bridgehead atoms. The van der Waals surface area contributed by atoms with Gasteiger partial charge in [0.2, 0.25) is 0 Å². The van der Waals surface area contributed by atoms with Crippen molar-refractivity contribution < 1.29 is 19.4 Å². The Morgan fingerprint density at radius 1 is 1.74 bits per heavy atom. The Labute approximate surface area is 113 Å². The van der Waals surface area contributed by atoms with Gasteiger partial charge in [-0.25, -0.2) is 9.89 Å². The Kier molecular flexibility index (Phi) is 4.27. The first-order valence-electron chi connectivity index (χ1n) is 5.69. The standard InChI is InChI=1S/C10H15N3O5S/c1-17-10(2-3-18-6-10)5-13-8(16)11-12-9(13)19-4-7(14)15/h2-6H2,1H3,(H,11,16)(H,14,15). The molecule has 2 heterocycles. The minimum atomic E-state index is -0.961. The first-order valence-corrected chi connectivity index (χ1v) is 6.67. The van der Waals surface area contributed by atoms with Gasteiger partial charge in [-0.3, -0.25) is 9.36 Å². The summed E-state index contributed by atoms with van der Waals surface area (Å²) < 4.78 is 12.2. The predicted octanol–water partition coefficient (Wildman–Crippen LogP) is -0.446. The number of carboxylic acids is 1. The summed E-state index contributed by atoms with van der Waals surface area (Å²) in [7, 11) is 1.57. The molecule has 0 aliphatic carbocycles. The molecule has 1 aromatic heterocycles. The van der Waals surface area contributed by atoms with Crippen LogP contribution >= 0.6 is 11.8 Å². The Morgan fingerprint density at radius 3 is 3.11 bits per heavy atom. The van der Waals surface area contributed by atoms with Gasteiger partial charge in [-0.15, -0.1) is 5.10 Å². The predicted molar refractivity (Wildman–Crippen MR) is 66.4 cm³/mol. The molecule has 0 saturated carbocycles. The molecule has 19 heavy (non-hydrogen) atoms. The number of carboxylic acid groups (broad SMARTS) is 1. The van der Waals surface area contributed by atoms with Crippen LogP contribution in [0.4, 0.5) is 0 Å². The van der Waals surface area contributed by atoms with Gasteiger partial charge in [-0.05, 0) is 0 Å². The highest BCUT2D eigenvalue weighted by Gasteiger charge is 2.36. The van der Waals surface area contributed by atoms with Crippen molar-refractivity contribution in [2.75, 3.05) is 26.1 Å². The Morgan fingerprint density at radius 2 is 2.53 bits per heavy atom. The molecule has 1 aromatic rings. The number of thioether (sulfide) groups is 1. The average molecular weight is 289 g/mol. The van der Waals surface area contributed by atoms with Crippen molar-refractivity contribution in [3.8, 4) is 0 Å². The van der Waals surface area contributed by atoms with Crippen LogP contribution in [0.5, 0.6) is 0 Å². The maximum atomic E-state index is 11.7. The fraction of sp³-hybridized carbons (Fsp3) is 0.700. The molecular formula is C10H15N3O5S. The van der Waals surface area contributed by atoms with Crippen LogP contribution in [-0.2, 0) is 20.8 Å². The molecule has 1 aliphatic heterocycles. The van der Waals surface area contributed by atoms with Gasteiger partial charge in [-0.1, -0.05) is 11.8 Å². The lowest BCUT2D eigenvalue weighted by Crippen LogP contribution is -2.40. The van der Waals surface area contributed by atoms with E-state index in [0.29, 0.717) is 31.3 Å². The maximum absolute atomic E-state index is 11.7. The molecule has 1 atom stereocenters. The maximum Gasteiger partial charge on any atom is 0.344 e. The van der Waals surface area contributed by atoms with Gasteiger partial charge >= 0.3 is 11.7 Å². The van der Waals surface area contributed by atoms with Gasteiger partial charge in [0.1, 0.15) is 5.60 Å². The summed E-state index contributed by atoms with van der Waals surface area (Å²) in [5.41, 5.74) is -0.928. The molecule has 0 aromatic carbocycles. The van der Waals surface area contributed by atoms with Crippen LogP contribution in [-0.4, -0.2) is 57.5 Å². The molecule has 0 radical (unpaired) electrons. The van der Waals surface area contributed by atoms with Crippen LogP contribution in [0.25, 0.3) is 0 Å². The lowest BCUT2D eigenvalue weighted by atomic mass is 10.0. The summed E-state index contributed by atoms with van der Waals surface area (Å²) in [6.45, 7) is 1.28. The van der Waals surface area contributed by atoms with E-state index < -0.39 is 11.6 Å². The second-order valence-corrected chi connectivity index (χ2v) is 5.21. The van der Waals surface area contributed by atoms with Gasteiger partial charge in [0, 0.05) is 20.1 Å². The Bertz CT molecular complexity index is 506. The summed E-state index contributed by atoms with van der Waals surface area (Å²) in [6.07, 6.45) is 0.685. The number of H-pyrrole nitrogens is 1. The van der Waals surface area contributed by atoms with E-state index in [1.165, 1.54) is 4.57 Å². The zero-order valence-electron chi connectivity index (χ0n) is 10.4. The molecular weight excluding hydrogens is 274 g/mol. The van der Waals surface area contributed by atoms with E-state index >= 15 is 0 Å². The number of aliphatic carboxylic acids is 1. The van der Waals surface area contributed by atoms with Gasteiger partial charge < -0.3 is 14.6 Å². The average Bonchev–Trinajstić information content (AvgIpc) is 2.97. The third-order valence-corrected chi connectivity index (χ3v) is 3.96. The largest absolute Gasteiger partial charge is 0.481 e. The molecule has 0 spiro atoms. The summed E-state index contributed by atoms with van der Waals surface area (Å²) in [5.74, 6) is -1.11. The van der Waals surface area contributed by atoms with E-state index in [-0.39, 0.29) is 11.4 Å². The summed E-state index contributed by atoms with van der Waals surface area (Å²) in [4.78, 5) is 22.3. The zero-order valence-corrected chi connectivity index (χ0v) is 11.2. The number of carbonyl (C=O) groups is 1. The monoisotopic (exact) mass is 289 g/mol. The summed E-state index contributed by atoms with van der Waals surface area (Å²) >= 11 is 0.993. The summed E-state index contributed by atoms with van der Waals surface area (Å²) in [6, 6.07) is 0. The Balaban J connectivity index is 2.16. The molecule has 106 valence electrons. The fourth-order valence-corrected chi connectivity index (χ4v) is 2.57. The highest BCUT2D eigenvalue weighted by atomic mass is 32.2. The number of methoxy groups -OCH3 is 1. The first kappa shape index (κ1) is 14.1. The van der Waals surface area contributed by atoms with Crippen molar-refractivity contribution in [3.63, 3.8) is 0 Å². The lowest BCUT2D eigenvalue weighted by Gasteiger charge is -2.25. The second kappa shape index (κ2) is 5.76. The summed E-state index contributed by atoms with van der Waals surface area (Å²) in [5, 5.41) is 15.2. The van der Waals surface area contributed by atoms with E-state index in [0.717, 1.165) is 11.8 Å². The van der Waals surface area contributed by atoms with E-state index in [4.69, 9.17) is 14.6 Å². The SMILES string of the molecule is COC1(Cn2c(SCC(=O)O)n[nH]c2=O)CCOC1. The molecule has 1 saturated heterocycles. The van der Waals surface area contributed by atoms with Crippen LogP contribution in [0.3, 0.4) is 0 Å². The highest BCUT2D eigenvalue weighted by molar-refractivity contribution is 7.99. The molecule has 1 aliphatic rings. The van der Waals surface area contributed by atoms with Crippen molar-refractivity contribution in [2.24, 2.45) is 0 Å². The number of hydrogen-bond acceptors (Lipinski definition) is 6. The number of rotatable bonds is 6. The van der Waals surface area contributed by atoms with Gasteiger partial charge in [0.25, 0.3) is 0 Å². The van der Waals surface area contributed by atoms with Gasteiger partial charge in [0.15, 0.2) is 5.16 Å². The van der Waals surface area contributed by atoms with Crippen molar-refractivity contribution in [3.05, 3.63) is 10.5 Å². The lowest BCUT2D eigenvalue weighted by molar-refractivity contribution is -0.133. The third kappa shape index (κ3) is 3.17. The highest BCUT2D eigenvalue weighted by Crippen LogP contribution is 2.25. The molecule has 1 unspecified atom stereocenters. The van der Waals surface area contributed by atoms with Crippen molar-refractivity contribution in [1.82, 2.24) is 14.8 Å². The minimum Gasteiger partial charge on any atom is -0.481 e. The van der Waals surface area contributed by atoms with E-state index in [1.807, 2.05) is 0 Å². The topological polar surface area (TPSA) is 106 Å². The van der Waals surface area contributed by atoms with Crippen LogP contribution in [0.2, 0.25) is 0 Å². The van der Waals surface area contributed by atoms with Crippen LogP contribution in [0.15, 0.2) is 9.95 Å². The first-order chi connectivity index (χ1) is 9.06. The molecule has 8 nitrogen and oxygen atoms in total. The molecule has 9 heteroatoms. The number of nitrogens with one attached hydrogen (secondary N) is 1. The van der Waals surface area contributed by atoms with E-state index in [9.17, 15) is 9.59 Å². The van der Waals surface area contributed by atoms with E-state index in [1.54, 1.807) is 7.11 Å². The minimum absolute atomic E-state index is 0.152. The van der Waals surface area contributed by atoms with Crippen LogP contribution in [0, 0.1) is 0 Å². The molecule has 2 rings (SSSR count). The number of hydrogen-bond donors (Lipinski definition) is 2.